The van der Waals surface area contributed by atoms with Crippen molar-refractivity contribution in [3.63, 3.8) is 0 Å². The Morgan fingerprint density at radius 1 is 1.25 bits per heavy atom. The molecule has 0 spiro atoms. The second-order valence-electron chi connectivity index (χ2n) is 4.83. The average Bonchev–Trinajstić information content (AvgIpc) is 2.44. The lowest BCUT2D eigenvalue weighted by Crippen LogP contribution is -2.22. The van der Waals surface area contributed by atoms with Gasteiger partial charge in [-0.15, -0.1) is 0 Å². The van der Waals surface area contributed by atoms with Gasteiger partial charge in [-0.05, 0) is 34.1 Å². The molecule has 1 aromatic carbocycles. The van der Waals surface area contributed by atoms with Crippen LogP contribution in [-0.4, -0.2) is 17.1 Å². The topological polar surface area (TPSA) is 55.0 Å². The SMILES string of the molecule is COC(c1ccccc1)c1nc(C(C)C)c(I)c(=O)[nH]1. The summed E-state index contributed by atoms with van der Waals surface area (Å²) in [6, 6.07) is 9.74. The normalized spacial score (nSPS) is 12.7. The highest BCUT2D eigenvalue weighted by atomic mass is 127. The molecule has 20 heavy (non-hydrogen) atoms. The minimum absolute atomic E-state index is 0.114. The molecule has 0 amide bonds. The summed E-state index contributed by atoms with van der Waals surface area (Å²) in [5, 5.41) is 0. The third kappa shape index (κ3) is 3.09. The second-order valence-corrected chi connectivity index (χ2v) is 5.91. The number of H-pyrrole nitrogens is 1. The molecule has 5 heteroatoms. The third-order valence-corrected chi connectivity index (χ3v) is 4.08. The van der Waals surface area contributed by atoms with Gasteiger partial charge in [0.25, 0.3) is 5.56 Å². The van der Waals surface area contributed by atoms with Crippen LogP contribution < -0.4 is 5.56 Å². The Bertz CT molecular complexity index is 638. The number of halogens is 1. The summed E-state index contributed by atoms with van der Waals surface area (Å²) in [4.78, 5) is 19.5. The van der Waals surface area contributed by atoms with Gasteiger partial charge in [0.2, 0.25) is 0 Å². The zero-order valence-electron chi connectivity index (χ0n) is 11.7. The van der Waals surface area contributed by atoms with E-state index >= 15 is 0 Å². The number of ether oxygens (including phenoxy) is 1. The Hall–Kier alpha value is -1.21. The molecule has 0 aliphatic carbocycles. The maximum absolute atomic E-state index is 12.1. The maximum atomic E-state index is 12.1. The molecule has 2 rings (SSSR count). The first kappa shape index (κ1) is 15.2. The van der Waals surface area contributed by atoms with Gasteiger partial charge in [-0.3, -0.25) is 4.79 Å². The molecule has 1 aromatic heterocycles. The van der Waals surface area contributed by atoms with Crippen LogP contribution >= 0.6 is 22.6 Å². The summed E-state index contributed by atoms with van der Waals surface area (Å²) in [5.74, 6) is 0.740. The molecular weight excluding hydrogens is 367 g/mol. The lowest BCUT2D eigenvalue weighted by molar-refractivity contribution is 0.128. The number of nitrogens with one attached hydrogen (secondary N) is 1. The van der Waals surface area contributed by atoms with E-state index in [1.54, 1.807) is 7.11 Å². The number of nitrogens with zero attached hydrogens (tertiary/aromatic N) is 1. The van der Waals surface area contributed by atoms with E-state index in [0.717, 1.165) is 11.3 Å². The quantitative estimate of drug-likeness (QED) is 0.824. The van der Waals surface area contributed by atoms with E-state index in [4.69, 9.17) is 4.74 Å². The van der Waals surface area contributed by atoms with Crippen LogP contribution in [0, 0.1) is 3.57 Å². The number of aromatic nitrogens is 2. The molecule has 0 fully saturated rings. The zero-order valence-corrected chi connectivity index (χ0v) is 13.8. The van der Waals surface area contributed by atoms with Crippen molar-refractivity contribution in [2.75, 3.05) is 7.11 Å². The van der Waals surface area contributed by atoms with Crippen LogP contribution in [0.4, 0.5) is 0 Å². The molecule has 1 atom stereocenters. The summed E-state index contributed by atoms with van der Waals surface area (Å²) in [6.45, 7) is 4.05. The number of hydrogen-bond donors (Lipinski definition) is 1. The highest BCUT2D eigenvalue weighted by Gasteiger charge is 2.19. The van der Waals surface area contributed by atoms with Crippen molar-refractivity contribution in [3.05, 3.63) is 61.3 Å². The summed E-state index contributed by atoms with van der Waals surface area (Å²) in [7, 11) is 1.62. The van der Waals surface area contributed by atoms with E-state index in [-0.39, 0.29) is 17.6 Å². The van der Waals surface area contributed by atoms with Crippen molar-refractivity contribution in [3.8, 4) is 0 Å². The van der Waals surface area contributed by atoms with E-state index < -0.39 is 0 Å². The largest absolute Gasteiger partial charge is 0.369 e. The Morgan fingerprint density at radius 3 is 2.45 bits per heavy atom. The molecule has 1 unspecified atom stereocenters. The highest BCUT2D eigenvalue weighted by molar-refractivity contribution is 14.1. The van der Waals surface area contributed by atoms with Gasteiger partial charge in [-0.1, -0.05) is 44.2 Å². The smallest absolute Gasteiger partial charge is 0.264 e. The van der Waals surface area contributed by atoms with Crippen molar-refractivity contribution < 1.29 is 4.74 Å². The van der Waals surface area contributed by atoms with Crippen molar-refractivity contribution in [1.82, 2.24) is 9.97 Å². The van der Waals surface area contributed by atoms with E-state index in [1.807, 2.05) is 66.8 Å². The first-order chi connectivity index (χ1) is 9.54. The van der Waals surface area contributed by atoms with Crippen molar-refractivity contribution in [2.24, 2.45) is 0 Å². The first-order valence-electron chi connectivity index (χ1n) is 6.42. The number of methoxy groups -OCH3 is 1. The molecule has 1 heterocycles. The number of hydrogen-bond acceptors (Lipinski definition) is 3. The summed E-state index contributed by atoms with van der Waals surface area (Å²) in [6.07, 6.45) is -0.363. The van der Waals surface area contributed by atoms with Crippen LogP contribution in [0.25, 0.3) is 0 Å². The molecule has 106 valence electrons. The van der Waals surface area contributed by atoms with Crippen LogP contribution in [0.3, 0.4) is 0 Å². The lowest BCUT2D eigenvalue weighted by atomic mass is 10.1. The van der Waals surface area contributed by atoms with Crippen LogP contribution in [0.15, 0.2) is 35.1 Å². The lowest BCUT2D eigenvalue weighted by Gasteiger charge is -2.17. The van der Waals surface area contributed by atoms with Gasteiger partial charge in [0, 0.05) is 7.11 Å². The van der Waals surface area contributed by atoms with Crippen molar-refractivity contribution in [1.29, 1.82) is 0 Å². The molecule has 0 saturated carbocycles. The van der Waals surface area contributed by atoms with Crippen molar-refractivity contribution in [2.45, 2.75) is 25.9 Å². The number of aromatic amines is 1. The Labute approximate surface area is 131 Å². The molecule has 0 bridgehead atoms. The van der Waals surface area contributed by atoms with Gasteiger partial charge < -0.3 is 9.72 Å². The van der Waals surface area contributed by atoms with E-state index in [9.17, 15) is 4.79 Å². The van der Waals surface area contributed by atoms with Crippen LogP contribution in [0.1, 0.15) is 43.0 Å². The predicted molar refractivity (Wildman–Crippen MR) is 87.0 cm³/mol. The third-order valence-electron chi connectivity index (χ3n) is 3.04. The number of benzene rings is 1. The predicted octanol–water partition coefficient (Wildman–Crippen LogP) is 3.23. The van der Waals surface area contributed by atoms with Gasteiger partial charge in [0.15, 0.2) is 0 Å². The minimum atomic E-state index is -0.363. The van der Waals surface area contributed by atoms with E-state index in [0.29, 0.717) is 9.39 Å². The van der Waals surface area contributed by atoms with E-state index in [1.165, 1.54) is 0 Å². The highest BCUT2D eigenvalue weighted by Crippen LogP contribution is 2.24. The standard InChI is InChI=1S/C15H17IN2O2/c1-9(2)12-11(16)15(19)18-14(17-12)13(20-3)10-7-5-4-6-8-10/h4-9,13H,1-3H3,(H,17,18,19). The van der Waals surface area contributed by atoms with E-state index in [2.05, 4.69) is 9.97 Å². The van der Waals surface area contributed by atoms with Gasteiger partial charge in [0.1, 0.15) is 11.9 Å². The van der Waals surface area contributed by atoms with Crippen LogP contribution in [0.5, 0.6) is 0 Å². The molecule has 0 aliphatic rings. The molecule has 1 N–H and O–H groups in total. The summed E-state index contributed by atoms with van der Waals surface area (Å²) < 4.78 is 6.16. The molecule has 0 saturated heterocycles. The zero-order chi connectivity index (χ0) is 14.7. The Morgan fingerprint density at radius 2 is 1.90 bits per heavy atom. The fourth-order valence-electron chi connectivity index (χ4n) is 2.03. The van der Waals surface area contributed by atoms with Crippen LogP contribution in [0.2, 0.25) is 0 Å². The minimum Gasteiger partial charge on any atom is -0.369 e. The monoisotopic (exact) mass is 384 g/mol. The second kappa shape index (κ2) is 6.49. The molecule has 4 nitrogen and oxygen atoms in total. The summed E-state index contributed by atoms with van der Waals surface area (Å²) in [5.41, 5.74) is 1.66. The van der Waals surface area contributed by atoms with Crippen LogP contribution in [-0.2, 0) is 4.74 Å². The Kier molecular flexibility index (Phi) is 4.93. The van der Waals surface area contributed by atoms with Gasteiger partial charge in [-0.2, -0.15) is 0 Å². The average molecular weight is 384 g/mol. The van der Waals surface area contributed by atoms with Gasteiger partial charge in [-0.25, -0.2) is 4.98 Å². The summed E-state index contributed by atoms with van der Waals surface area (Å²) >= 11 is 2.04. The molecule has 0 aliphatic heterocycles. The number of rotatable bonds is 4. The fourth-order valence-corrected chi connectivity index (χ4v) is 2.91. The molecular formula is C15H17IN2O2. The Balaban J connectivity index is 2.54. The van der Waals surface area contributed by atoms with Crippen molar-refractivity contribution >= 4 is 22.6 Å². The fraction of sp³-hybridized carbons (Fsp3) is 0.333. The maximum Gasteiger partial charge on any atom is 0.264 e. The van der Waals surface area contributed by atoms with Gasteiger partial charge in [0.05, 0.1) is 9.26 Å². The molecule has 2 aromatic rings. The first-order valence-corrected chi connectivity index (χ1v) is 7.49. The van der Waals surface area contributed by atoms with Gasteiger partial charge >= 0.3 is 0 Å². The molecule has 0 radical (unpaired) electrons.